The zero-order valence-corrected chi connectivity index (χ0v) is 21.6. The van der Waals surface area contributed by atoms with E-state index in [-0.39, 0.29) is 18.5 Å². The molecule has 38 heavy (non-hydrogen) atoms. The lowest BCUT2D eigenvalue weighted by Gasteiger charge is -2.39. The molecule has 1 fully saturated rings. The van der Waals surface area contributed by atoms with Crippen molar-refractivity contribution in [2.24, 2.45) is 5.41 Å². The van der Waals surface area contributed by atoms with Crippen LogP contribution in [0.4, 0.5) is 18.9 Å². The first-order chi connectivity index (χ1) is 18.1. The van der Waals surface area contributed by atoms with Gasteiger partial charge in [-0.05, 0) is 57.0 Å². The van der Waals surface area contributed by atoms with Crippen LogP contribution in [0.2, 0.25) is 5.02 Å². The van der Waals surface area contributed by atoms with Crippen LogP contribution in [-0.4, -0.2) is 59.4 Å². The zero-order valence-electron chi connectivity index (χ0n) is 20.8. The number of hydrogen-bond acceptors (Lipinski definition) is 6. The summed E-state index contributed by atoms with van der Waals surface area (Å²) in [5.41, 5.74) is 0.270. The topological polar surface area (TPSA) is 94.9 Å². The number of hydrogen-bond donors (Lipinski definition) is 3. The third kappa shape index (κ3) is 5.98. The molecule has 11 heteroatoms. The molecule has 7 nitrogen and oxygen atoms in total. The number of carbonyl (C=O) groups is 1. The largest absolute Gasteiger partial charge is 0.497 e. The highest BCUT2D eigenvalue weighted by molar-refractivity contribution is 6.32. The number of carboxylic acid groups (broad SMARTS) is 1. The molecule has 0 radical (unpaired) electrons. The van der Waals surface area contributed by atoms with Crippen molar-refractivity contribution in [2.75, 3.05) is 38.6 Å². The molecule has 1 atom stereocenters. The van der Waals surface area contributed by atoms with Crippen LogP contribution in [-0.2, 0) is 4.79 Å². The average molecular weight is 552 g/mol. The first kappa shape index (κ1) is 27.9. The number of rotatable bonds is 10. The van der Waals surface area contributed by atoms with Crippen LogP contribution in [0.15, 0.2) is 36.5 Å². The van der Waals surface area contributed by atoms with Gasteiger partial charge in [-0.25, -0.2) is 13.2 Å². The quantitative estimate of drug-likeness (QED) is 0.290. The Kier molecular flexibility index (Phi) is 8.64. The van der Waals surface area contributed by atoms with E-state index < -0.39 is 34.9 Å². The number of aliphatic hydroxyl groups excluding tert-OH is 1. The zero-order chi connectivity index (χ0) is 27.4. The van der Waals surface area contributed by atoms with Gasteiger partial charge in [0.15, 0.2) is 17.5 Å². The second-order valence-electron chi connectivity index (χ2n) is 9.57. The van der Waals surface area contributed by atoms with Gasteiger partial charge in [0.25, 0.3) is 0 Å². The highest BCUT2D eigenvalue weighted by Crippen LogP contribution is 2.41. The Bertz CT molecular complexity index is 1300. The molecular weight excluding hydrogens is 523 g/mol. The number of fused-ring (bicyclic) bond motifs is 1. The summed E-state index contributed by atoms with van der Waals surface area (Å²) < 4.78 is 45.2. The van der Waals surface area contributed by atoms with Crippen molar-refractivity contribution in [3.8, 4) is 5.75 Å². The highest BCUT2D eigenvalue weighted by atomic mass is 35.5. The number of pyridine rings is 1. The normalized spacial score (nSPS) is 16.4. The molecule has 1 aromatic heterocycles. The number of anilines is 1. The summed E-state index contributed by atoms with van der Waals surface area (Å²) in [6, 6.07) is 7.07. The van der Waals surface area contributed by atoms with Gasteiger partial charge in [-0.2, -0.15) is 0 Å². The summed E-state index contributed by atoms with van der Waals surface area (Å²) in [5.74, 6) is -4.36. The molecule has 0 spiro atoms. The van der Waals surface area contributed by atoms with Crippen LogP contribution in [0.3, 0.4) is 0 Å². The summed E-state index contributed by atoms with van der Waals surface area (Å²) in [4.78, 5) is 18.7. The number of aliphatic carboxylic acids is 1. The Morgan fingerprint density at radius 1 is 1.21 bits per heavy atom. The summed E-state index contributed by atoms with van der Waals surface area (Å²) in [5, 5.41) is 25.0. The van der Waals surface area contributed by atoms with Crippen molar-refractivity contribution in [1.82, 2.24) is 9.88 Å². The molecule has 2 aromatic carbocycles. The summed E-state index contributed by atoms with van der Waals surface area (Å²) in [6.45, 7) is 1.87. The molecule has 0 unspecified atom stereocenters. The number of likely N-dealkylation sites (tertiary alicyclic amines) is 1. The summed E-state index contributed by atoms with van der Waals surface area (Å²) in [7, 11) is 1.54. The number of aromatic nitrogens is 1. The lowest BCUT2D eigenvalue weighted by molar-refractivity contribution is -0.153. The van der Waals surface area contributed by atoms with E-state index in [2.05, 4.69) is 15.2 Å². The Morgan fingerprint density at radius 3 is 2.53 bits per heavy atom. The molecule has 0 aliphatic carbocycles. The maximum absolute atomic E-state index is 13.4. The molecule has 3 N–H and O–H groups in total. The molecule has 1 saturated heterocycles. The molecule has 0 amide bonds. The first-order valence-electron chi connectivity index (χ1n) is 12.3. The van der Waals surface area contributed by atoms with Crippen molar-refractivity contribution in [3.05, 3.63) is 64.6 Å². The van der Waals surface area contributed by atoms with Gasteiger partial charge in [0.1, 0.15) is 5.75 Å². The van der Waals surface area contributed by atoms with Gasteiger partial charge in [0.2, 0.25) is 0 Å². The number of aliphatic hydroxyl groups is 1. The van der Waals surface area contributed by atoms with Gasteiger partial charge in [0, 0.05) is 48.1 Å². The van der Waals surface area contributed by atoms with Crippen molar-refractivity contribution in [2.45, 2.75) is 31.8 Å². The monoisotopic (exact) mass is 551 g/mol. The van der Waals surface area contributed by atoms with E-state index >= 15 is 0 Å². The van der Waals surface area contributed by atoms with Crippen molar-refractivity contribution in [3.63, 3.8) is 0 Å². The molecule has 2 heterocycles. The van der Waals surface area contributed by atoms with Crippen LogP contribution in [0.5, 0.6) is 5.75 Å². The van der Waals surface area contributed by atoms with Gasteiger partial charge in [0.05, 0.1) is 29.2 Å². The molecule has 0 bridgehead atoms. The van der Waals surface area contributed by atoms with Crippen LogP contribution in [0.25, 0.3) is 10.9 Å². The Labute approximate surface area is 223 Å². The minimum Gasteiger partial charge on any atom is -0.497 e. The van der Waals surface area contributed by atoms with Crippen molar-refractivity contribution < 1.29 is 32.9 Å². The molecule has 4 rings (SSSR count). The number of carboxylic acids is 1. The maximum Gasteiger partial charge on any atom is 0.309 e. The highest BCUT2D eigenvalue weighted by Gasteiger charge is 2.41. The van der Waals surface area contributed by atoms with Crippen molar-refractivity contribution in [1.29, 1.82) is 0 Å². The third-order valence-corrected chi connectivity index (χ3v) is 7.61. The van der Waals surface area contributed by atoms with E-state index in [0.717, 1.165) is 12.1 Å². The van der Waals surface area contributed by atoms with E-state index in [0.29, 0.717) is 66.3 Å². The number of nitrogens with one attached hydrogen (secondary N) is 1. The average Bonchev–Trinajstić information content (AvgIpc) is 2.90. The van der Waals surface area contributed by atoms with Gasteiger partial charge >= 0.3 is 5.97 Å². The Balaban J connectivity index is 1.36. The molecule has 0 saturated carbocycles. The van der Waals surface area contributed by atoms with Crippen LogP contribution in [0, 0.1) is 22.9 Å². The number of piperidine rings is 1. The lowest BCUT2D eigenvalue weighted by atomic mass is 9.74. The fraction of sp³-hybridized carbons (Fsp3) is 0.407. The smallest absolute Gasteiger partial charge is 0.309 e. The number of ether oxygens (including phenoxy) is 1. The fourth-order valence-electron chi connectivity index (χ4n) is 4.98. The maximum atomic E-state index is 13.4. The van der Waals surface area contributed by atoms with Crippen LogP contribution < -0.4 is 10.1 Å². The Morgan fingerprint density at radius 2 is 1.89 bits per heavy atom. The number of nitrogens with zero attached hydrogens (tertiary/aromatic N) is 2. The van der Waals surface area contributed by atoms with Crippen LogP contribution in [0.1, 0.15) is 37.4 Å². The predicted octanol–water partition coefficient (Wildman–Crippen LogP) is 5.41. The number of halogens is 4. The van der Waals surface area contributed by atoms with E-state index in [1.54, 1.807) is 18.2 Å². The standard InChI is InChI=1S/C27H29ClF3N3O4/c1-38-17-2-3-22-18(14-17)24(19(28)15-33-22)23(35)4-5-27(26(36)37)6-9-34(10-7-27)11-8-32-16-12-20(29)25(31)21(30)13-16/h2-3,12-15,23,32,35H,4-11H2,1H3,(H,36,37)/t23-/m0/s1. The first-order valence-corrected chi connectivity index (χ1v) is 12.7. The van der Waals surface area contributed by atoms with Gasteiger partial charge in [-0.3, -0.25) is 9.78 Å². The molecule has 1 aliphatic heterocycles. The molecular formula is C27H29ClF3N3O4. The minimum absolute atomic E-state index is 0.132. The molecule has 1 aliphatic rings. The summed E-state index contributed by atoms with van der Waals surface area (Å²) in [6.07, 6.45) is 1.71. The fourth-order valence-corrected chi connectivity index (χ4v) is 5.26. The second kappa shape index (κ2) is 11.8. The number of methoxy groups -OCH3 is 1. The van der Waals surface area contributed by atoms with Crippen molar-refractivity contribution >= 4 is 34.2 Å². The number of benzene rings is 2. The van der Waals surface area contributed by atoms with Crippen LogP contribution >= 0.6 is 11.6 Å². The third-order valence-electron chi connectivity index (χ3n) is 7.31. The van der Waals surface area contributed by atoms with Gasteiger partial charge < -0.3 is 25.2 Å². The van der Waals surface area contributed by atoms with E-state index in [1.807, 2.05) is 0 Å². The van der Waals surface area contributed by atoms with E-state index in [4.69, 9.17) is 16.3 Å². The van der Waals surface area contributed by atoms with E-state index in [9.17, 15) is 28.2 Å². The minimum atomic E-state index is -1.51. The summed E-state index contributed by atoms with van der Waals surface area (Å²) >= 11 is 6.40. The van der Waals surface area contributed by atoms with Gasteiger partial charge in [-0.15, -0.1) is 0 Å². The molecule has 204 valence electrons. The van der Waals surface area contributed by atoms with E-state index in [1.165, 1.54) is 13.3 Å². The Hall–Kier alpha value is -3.08. The second-order valence-corrected chi connectivity index (χ2v) is 9.97. The predicted molar refractivity (Wildman–Crippen MR) is 138 cm³/mol. The SMILES string of the molecule is COc1ccc2ncc(Cl)c([C@@H](O)CCC3(C(=O)O)CCN(CCNc4cc(F)c(F)c(F)c4)CC3)c2c1. The lowest BCUT2D eigenvalue weighted by Crippen LogP contribution is -2.45. The van der Waals surface area contributed by atoms with Gasteiger partial charge in [-0.1, -0.05) is 11.6 Å². The molecule has 3 aromatic rings.